The average Bonchev–Trinajstić information content (AvgIpc) is 3.54. The van der Waals surface area contributed by atoms with Crippen molar-refractivity contribution in [2.45, 2.75) is 64.4 Å². The van der Waals surface area contributed by atoms with Crippen molar-refractivity contribution in [1.29, 1.82) is 0 Å². The molecular formula is C24H35NO5. The second-order valence-electron chi connectivity index (χ2n) is 9.52. The molecule has 1 aromatic rings. The SMILES string of the molecule is COC(=O)C[C@H](c1cccc(OCC2CCN(C(=O)OC(C)(C)C)CC2)c1)C1CC1. The van der Waals surface area contributed by atoms with Crippen molar-refractivity contribution in [3.05, 3.63) is 29.8 Å². The highest BCUT2D eigenvalue weighted by Gasteiger charge is 2.34. The molecule has 1 atom stereocenters. The number of ether oxygens (including phenoxy) is 3. The number of rotatable bonds is 7. The van der Waals surface area contributed by atoms with Crippen LogP contribution in [0.5, 0.6) is 5.75 Å². The van der Waals surface area contributed by atoms with Crippen LogP contribution in [-0.4, -0.2) is 49.4 Å². The average molecular weight is 418 g/mol. The Labute approximate surface area is 179 Å². The van der Waals surface area contributed by atoms with Gasteiger partial charge in [-0.25, -0.2) is 4.79 Å². The molecule has 2 fully saturated rings. The molecule has 30 heavy (non-hydrogen) atoms. The smallest absolute Gasteiger partial charge is 0.410 e. The molecule has 0 unspecified atom stereocenters. The number of nitrogens with zero attached hydrogens (tertiary/aromatic N) is 1. The fraction of sp³-hybridized carbons (Fsp3) is 0.667. The molecule has 1 aliphatic heterocycles. The van der Waals surface area contributed by atoms with Gasteiger partial charge in [0.15, 0.2) is 0 Å². The molecule has 2 aliphatic rings. The van der Waals surface area contributed by atoms with E-state index in [2.05, 4.69) is 12.1 Å². The van der Waals surface area contributed by atoms with Crippen LogP contribution in [-0.2, 0) is 14.3 Å². The lowest BCUT2D eigenvalue weighted by molar-refractivity contribution is -0.141. The third-order valence-electron chi connectivity index (χ3n) is 5.84. The molecule has 0 bridgehead atoms. The predicted molar refractivity (Wildman–Crippen MR) is 115 cm³/mol. The van der Waals surface area contributed by atoms with Crippen molar-refractivity contribution in [2.24, 2.45) is 11.8 Å². The first kappa shape index (κ1) is 22.4. The number of benzene rings is 1. The highest BCUT2D eigenvalue weighted by atomic mass is 16.6. The van der Waals surface area contributed by atoms with E-state index in [0.717, 1.165) is 24.2 Å². The molecule has 1 aliphatic carbocycles. The van der Waals surface area contributed by atoms with E-state index in [9.17, 15) is 9.59 Å². The molecular weight excluding hydrogens is 382 g/mol. The second-order valence-corrected chi connectivity index (χ2v) is 9.52. The summed E-state index contributed by atoms with van der Waals surface area (Å²) in [5.41, 5.74) is 0.689. The zero-order valence-corrected chi connectivity index (χ0v) is 18.7. The number of esters is 1. The van der Waals surface area contributed by atoms with Gasteiger partial charge in [-0.05, 0) is 81.9 Å². The van der Waals surface area contributed by atoms with E-state index in [4.69, 9.17) is 14.2 Å². The minimum Gasteiger partial charge on any atom is -0.493 e. The third kappa shape index (κ3) is 6.64. The molecule has 0 spiro atoms. The van der Waals surface area contributed by atoms with Crippen LogP contribution in [0.3, 0.4) is 0 Å². The van der Waals surface area contributed by atoms with Crippen LogP contribution in [0.15, 0.2) is 24.3 Å². The molecule has 0 radical (unpaired) electrons. The standard InChI is InChI=1S/C24H35NO5/c1-24(2,3)30-23(27)25-12-10-17(11-13-25)16-29-20-7-5-6-19(14-20)21(18-8-9-18)15-22(26)28-4/h5-7,14,17-18,21H,8-13,15-16H2,1-4H3/t21-/m0/s1. The summed E-state index contributed by atoms with van der Waals surface area (Å²) in [5, 5.41) is 0. The minimum atomic E-state index is -0.464. The van der Waals surface area contributed by atoms with Gasteiger partial charge >= 0.3 is 12.1 Å². The van der Waals surface area contributed by atoms with E-state index >= 15 is 0 Å². The number of methoxy groups -OCH3 is 1. The Morgan fingerprint density at radius 1 is 1.13 bits per heavy atom. The van der Waals surface area contributed by atoms with Crippen molar-refractivity contribution in [2.75, 3.05) is 26.8 Å². The minimum absolute atomic E-state index is 0.157. The molecule has 1 saturated heterocycles. The number of hydrogen-bond donors (Lipinski definition) is 0. The molecule has 0 aromatic heterocycles. The largest absolute Gasteiger partial charge is 0.493 e. The van der Waals surface area contributed by atoms with Gasteiger partial charge in [0.05, 0.1) is 20.1 Å². The van der Waals surface area contributed by atoms with Gasteiger partial charge in [0.25, 0.3) is 0 Å². The van der Waals surface area contributed by atoms with E-state index in [-0.39, 0.29) is 18.0 Å². The molecule has 0 N–H and O–H groups in total. The summed E-state index contributed by atoms with van der Waals surface area (Å²) >= 11 is 0. The fourth-order valence-electron chi connectivity index (χ4n) is 3.98. The van der Waals surface area contributed by atoms with Crippen molar-refractivity contribution in [3.8, 4) is 5.75 Å². The Bertz CT molecular complexity index is 729. The summed E-state index contributed by atoms with van der Waals surface area (Å²) in [4.78, 5) is 25.8. The molecule has 1 aromatic carbocycles. The Balaban J connectivity index is 1.49. The Hall–Kier alpha value is -2.24. The van der Waals surface area contributed by atoms with E-state index < -0.39 is 5.60 Å². The number of amides is 1. The second kappa shape index (κ2) is 9.71. The lowest BCUT2D eigenvalue weighted by atomic mass is 9.91. The Morgan fingerprint density at radius 2 is 1.83 bits per heavy atom. The molecule has 1 saturated carbocycles. The zero-order valence-electron chi connectivity index (χ0n) is 18.7. The van der Waals surface area contributed by atoms with Gasteiger partial charge in [0.1, 0.15) is 11.4 Å². The van der Waals surface area contributed by atoms with Gasteiger partial charge in [0, 0.05) is 13.1 Å². The van der Waals surface area contributed by atoms with E-state index in [0.29, 0.717) is 38.0 Å². The Morgan fingerprint density at radius 3 is 2.43 bits per heavy atom. The van der Waals surface area contributed by atoms with Crippen molar-refractivity contribution >= 4 is 12.1 Å². The van der Waals surface area contributed by atoms with Crippen LogP contribution in [0.25, 0.3) is 0 Å². The lowest BCUT2D eigenvalue weighted by Crippen LogP contribution is -2.42. The van der Waals surface area contributed by atoms with Gasteiger partial charge in [-0.2, -0.15) is 0 Å². The summed E-state index contributed by atoms with van der Waals surface area (Å²) in [5.74, 6) is 1.88. The number of hydrogen-bond acceptors (Lipinski definition) is 5. The summed E-state index contributed by atoms with van der Waals surface area (Å²) in [7, 11) is 1.44. The number of carbonyl (C=O) groups is 2. The van der Waals surface area contributed by atoms with E-state index in [1.165, 1.54) is 20.0 Å². The van der Waals surface area contributed by atoms with Gasteiger partial charge in [0.2, 0.25) is 0 Å². The van der Waals surface area contributed by atoms with Crippen LogP contribution >= 0.6 is 0 Å². The molecule has 3 rings (SSSR count). The van der Waals surface area contributed by atoms with E-state index in [1.807, 2.05) is 32.9 Å². The summed E-state index contributed by atoms with van der Waals surface area (Å²) < 4.78 is 16.4. The zero-order chi connectivity index (χ0) is 21.7. The van der Waals surface area contributed by atoms with Gasteiger partial charge in [-0.3, -0.25) is 4.79 Å². The number of carbonyl (C=O) groups excluding carboxylic acids is 2. The summed E-state index contributed by atoms with van der Waals surface area (Å²) in [6.45, 7) is 7.70. The molecule has 6 nitrogen and oxygen atoms in total. The number of likely N-dealkylation sites (tertiary alicyclic amines) is 1. The van der Waals surface area contributed by atoms with Crippen LogP contribution in [0, 0.1) is 11.8 Å². The maximum atomic E-state index is 12.2. The van der Waals surface area contributed by atoms with Crippen LogP contribution in [0.4, 0.5) is 4.79 Å². The molecule has 6 heteroatoms. The van der Waals surface area contributed by atoms with Gasteiger partial charge in [-0.1, -0.05) is 12.1 Å². The van der Waals surface area contributed by atoms with Gasteiger partial charge in [-0.15, -0.1) is 0 Å². The summed E-state index contributed by atoms with van der Waals surface area (Å²) in [6.07, 6.45) is 4.35. The van der Waals surface area contributed by atoms with E-state index in [1.54, 1.807) is 4.90 Å². The monoisotopic (exact) mass is 417 g/mol. The first-order chi connectivity index (χ1) is 14.2. The third-order valence-corrected chi connectivity index (χ3v) is 5.84. The normalized spacial score (nSPS) is 18.6. The predicted octanol–water partition coefficient (Wildman–Crippen LogP) is 4.77. The highest BCUT2D eigenvalue weighted by Crippen LogP contribution is 2.45. The maximum absolute atomic E-state index is 12.2. The molecule has 1 amide bonds. The number of piperidine rings is 1. The van der Waals surface area contributed by atoms with Crippen molar-refractivity contribution < 1.29 is 23.8 Å². The van der Waals surface area contributed by atoms with Crippen LogP contribution in [0.2, 0.25) is 0 Å². The highest BCUT2D eigenvalue weighted by molar-refractivity contribution is 5.70. The first-order valence-corrected chi connectivity index (χ1v) is 11.0. The quantitative estimate of drug-likeness (QED) is 0.598. The van der Waals surface area contributed by atoms with Crippen LogP contribution < -0.4 is 4.74 Å². The van der Waals surface area contributed by atoms with Crippen molar-refractivity contribution in [1.82, 2.24) is 4.90 Å². The van der Waals surface area contributed by atoms with Gasteiger partial charge < -0.3 is 19.1 Å². The topological polar surface area (TPSA) is 65.1 Å². The van der Waals surface area contributed by atoms with Crippen molar-refractivity contribution in [3.63, 3.8) is 0 Å². The van der Waals surface area contributed by atoms with Crippen LogP contribution in [0.1, 0.15) is 64.4 Å². The Kier molecular flexibility index (Phi) is 7.27. The summed E-state index contributed by atoms with van der Waals surface area (Å²) in [6, 6.07) is 8.13. The fourth-order valence-corrected chi connectivity index (χ4v) is 3.98. The lowest BCUT2D eigenvalue weighted by Gasteiger charge is -2.33. The maximum Gasteiger partial charge on any atom is 0.410 e. The molecule has 1 heterocycles. The molecule has 166 valence electrons. The first-order valence-electron chi connectivity index (χ1n) is 11.0.